The van der Waals surface area contributed by atoms with Crippen LogP contribution in [0.4, 0.5) is 0 Å². The van der Waals surface area contributed by atoms with Gasteiger partial charge in [-0.1, -0.05) is 0 Å². The van der Waals surface area contributed by atoms with Gasteiger partial charge in [0.25, 0.3) is 5.91 Å². The van der Waals surface area contributed by atoms with E-state index in [-0.39, 0.29) is 12.5 Å². The first-order valence-corrected chi connectivity index (χ1v) is 8.59. The lowest BCUT2D eigenvalue weighted by Crippen LogP contribution is -2.40. The van der Waals surface area contributed by atoms with Crippen molar-refractivity contribution >= 4 is 5.91 Å². The molecule has 4 nitrogen and oxygen atoms in total. The lowest BCUT2D eigenvalue weighted by Gasteiger charge is -2.34. The van der Waals surface area contributed by atoms with Gasteiger partial charge in [-0.15, -0.1) is 0 Å². The van der Waals surface area contributed by atoms with Gasteiger partial charge in [0.05, 0.1) is 5.56 Å². The van der Waals surface area contributed by atoms with Crippen LogP contribution < -0.4 is 0 Å². The molecule has 0 unspecified atom stereocenters. The molecule has 0 aromatic carbocycles. The normalized spacial score (nSPS) is 25.3. The second-order valence-corrected chi connectivity index (χ2v) is 7.16. The Balaban J connectivity index is 1.72. The number of hydrogen-bond acceptors (Lipinski definition) is 2. The van der Waals surface area contributed by atoms with E-state index in [0.717, 1.165) is 36.9 Å². The molecule has 4 heteroatoms. The predicted molar refractivity (Wildman–Crippen MR) is 87.1 cm³/mol. The lowest BCUT2D eigenvalue weighted by atomic mass is 9.86. The van der Waals surface area contributed by atoms with Gasteiger partial charge in [-0.05, 0) is 64.4 Å². The highest BCUT2D eigenvalue weighted by atomic mass is 16.3. The van der Waals surface area contributed by atoms with Crippen molar-refractivity contribution in [3.05, 3.63) is 23.0 Å². The second kappa shape index (κ2) is 6.07. The molecule has 0 saturated heterocycles. The molecule has 1 amide bonds. The maximum Gasteiger partial charge on any atom is 0.255 e. The van der Waals surface area contributed by atoms with Crippen molar-refractivity contribution in [3.63, 3.8) is 0 Å². The van der Waals surface area contributed by atoms with Crippen molar-refractivity contribution < 1.29 is 9.90 Å². The third kappa shape index (κ3) is 2.81. The Kier molecular flexibility index (Phi) is 4.31. The third-order valence-corrected chi connectivity index (χ3v) is 5.57. The van der Waals surface area contributed by atoms with E-state index in [0.29, 0.717) is 18.0 Å². The van der Waals surface area contributed by atoms with Crippen LogP contribution in [0.15, 0.2) is 6.07 Å². The summed E-state index contributed by atoms with van der Waals surface area (Å²) in [6, 6.07) is 3.00. The van der Waals surface area contributed by atoms with Gasteiger partial charge in [0, 0.05) is 37.1 Å². The maximum atomic E-state index is 12.9. The minimum Gasteiger partial charge on any atom is -0.396 e. The van der Waals surface area contributed by atoms with Crippen LogP contribution in [0.3, 0.4) is 0 Å². The molecule has 3 rings (SSSR count). The number of hydrogen-bond donors (Lipinski definition) is 1. The van der Waals surface area contributed by atoms with Crippen molar-refractivity contribution in [2.75, 3.05) is 13.7 Å². The number of aryl methyl sites for hydroxylation is 1. The van der Waals surface area contributed by atoms with E-state index in [1.54, 1.807) is 0 Å². The Morgan fingerprint density at radius 1 is 1.23 bits per heavy atom. The van der Waals surface area contributed by atoms with Crippen molar-refractivity contribution in [2.45, 2.75) is 64.5 Å². The molecule has 0 spiro atoms. The van der Waals surface area contributed by atoms with Crippen molar-refractivity contribution in [1.29, 1.82) is 0 Å². The Labute approximate surface area is 133 Å². The molecule has 2 aliphatic rings. The van der Waals surface area contributed by atoms with E-state index < -0.39 is 0 Å². The first kappa shape index (κ1) is 15.6. The van der Waals surface area contributed by atoms with Gasteiger partial charge in [-0.25, -0.2) is 0 Å². The molecule has 1 aromatic rings. The summed E-state index contributed by atoms with van der Waals surface area (Å²) in [7, 11) is 1.94. The Bertz CT molecular complexity index is 552. The number of aliphatic hydroxyl groups is 1. The van der Waals surface area contributed by atoms with E-state index >= 15 is 0 Å². The maximum absolute atomic E-state index is 12.9. The van der Waals surface area contributed by atoms with E-state index in [1.807, 2.05) is 11.9 Å². The molecule has 0 aliphatic heterocycles. The SMILES string of the molecule is Cc1cc(C(=O)N(C)C2CCC(CO)CC2)c(C)n1C1CC1. The average molecular weight is 304 g/mol. The van der Waals surface area contributed by atoms with Crippen LogP contribution in [0, 0.1) is 19.8 Å². The number of carbonyl (C=O) groups excluding carboxylic acids is 1. The van der Waals surface area contributed by atoms with Crippen LogP contribution >= 0.6 is 0 Å². The fraction of sp³-hybridized carbons (Fsp3) is 0.722. The summed E-state index contributed by atoms with van der Waals surface area (Å²) in [6.07, 6.45) is 6.55. The van der Waals surface area contributed by atoms with Crippen LogP contribution in [0.25, 0.3) is 0 Å². The highest BCUT2D eigenvalue weighted by Crippen LogP contribution is 2.38. The fourth-order valence-corrected chi connectivity index (χ4v) is 3.96. The van der Waals surface area contributed by atoms with Gasteiger partial charge in [0.15, 0.2) is 0 Å². The molecule has 22 heavy (non-hydrogen) atoms. The minimum atomic E-state index is 0.160. The summed E-state index contributed by atoms with van der Waals surface area (Å²) in [4.78, 5) is 14.8. The largest absolute Gasteiger partial charge is 0.396 e. The van der Waals surface area contributed by atoms with Crippen molar-refractivity contribution in [2.24, 2.45) is 5.92 Å². The quantitative estimate of drug-likeness (QED) is 0.929. The number of amides is 1. The average Bonchev–Trinajstić information content (AvgIpc) is 3.31. The first-order chi connectivity index (χ1) is 10.5. The predicted octanol–water partition coefficient (Wildman–Crippen LogP) is 3.06. The molecule has 2 aliphatic carbocycles. The minimum absolute atomic E-state index is 0.160. The molecule has 1 heterocycles. The topological polar surface area (TPSA) is 45.5 Å². The number of carbonyl (C=O) groups is 1. The van der Waals surface area contributed by atoms with Crippen LogP contribution in [0.1, 0.15) is 66.3 Å². The fourth-order valence-electron chi connectivity index (χ4n) is 3.96. The zero-order valence-corrected chi connectivity index (χ0v) is 14.0. The number of rotatable bonds is 4. The van der Waals surface area contributed by atoms with Gasteiger partial charge in [0.1, 0.15) is 0 Å². The Morgan fingerprint density at radius 2 is 1.86 bits per heavy atom. The summed E-state index contributed by atoms with van der Waals surface area (Å²) in [5.41, 5.74) is 3.21. The molecule has 2 fully saturated rings. The third-order valence-electron chi connectivity index (χ3n) is 5.57. The molecule has 0 atom stereocenters. The van der Waals surface area contributed by atoms with E-state index in [9.17, 15) is 9.90 Å². The van der Waals surface area contributed by atoms with E-state index in [4.69, 9.17) is 0 Å². The molecular formula is C18H28N2O2. The number of nitrogens with zero attached hydrogens (tertiary/aromatic N) is 2. The zero-order valence-electron chi connectivity index (χ0n) is 14.0. The highest BCUT2D eigenvalue weighted by molar-refractivity contribution is 5.95. The van der Waals surface area contributed by atoms with Crippen LogP contribution in [-0.2, 0) is 0 Å². The summed E-state index contributed by atoms with van der Waals surface area (Å²) >= 11 is 0. The molecule has 2 saturated carbocycles. The lowest BCUT2D eigenvalue weighted by molar-refractivity contribution is 0.0652. The van der Waals surface area contributed by atoms with Gasteiger partial charge in [0.2, 0.25) is 0 Å². The van der Waals surface area contributed by atoms with Gasteiger partial charge in [-0.2, -0.15) is 0 Å². The summed E-state index contributed by atoms with van der Waals surface area (Å²) in [5.74, 6) is 0.590. The number of aliphatic hydroxyl groups excluding tert-OH is 1. The zero-order chi connectivity index (χ0) is 15.9. The second-order valence-electron chi connectivity index (χ2n) is 7.16. The van der Waals surface area contributed by atoms with Crippen molar-refractivity contribution in [1.82, 2.24) is 9.47 Å². The summed E-state index contributed by atoms with van der Waals surface area (Å²) < 4.78 is 2.34. The van der Waals surface area contributed by atoms with Crippen LogP contribution in [0.5, 0.6) is 0 Å². The Hall–Kier alpha value is -1.29. The number of aromatic nitrogens is 1. The first-order valence-electron chi connectivity index (χ1n) is 8.59. The van der Waals surface area contributed by atoms with Crippen LogP contribution in [-0.4, -0.2) is 40.2 Å². The molecular weight excluding hydrogens is 276 g/mol. The highest BCUT2D eigenvalue weighted by Gasteiger charge is 2.31. The standard InChI is InChI=1S/C18H28N2O2/c1-12-10-17(13(2)20(12)16-8-9-16)18(22)19(3)15-6-4-14(11-21)5-7-15/h10,14-16,21H,4-9,11H2,1-3H3. The smallest absolute Gasteiger partial charge is 0.255 e. The molecule has 1 aromatic heterocycles. The summed E-state index contributed by atoms with van der Waals surface area (Å²) in [6.45, 7) is 4.47. The van der Waals surface area contributed by atoms with Gasteiger partial charge in [-0.3, -0.25) is 4.79 Å². The Morgan fingerprint density at radius 3 is 2.41 bits per heavy atom. The molecule has 122 valence electrons. The van der Waals surface area contributed by atoms with E-state index in [2.05, 4.69) is 24.5 Å². The van der Waals surface area contributed by atoms with Crippen LogP contribution in [0.2, 0.25) is 0 Å². The molecule has 0 bridgehead atoms. The van der Waals surface area contributed by atoms with Gasteiger partial charge >= 0.3 is 0 Å². The monoisotopic (exact) mass is 304 g/mol. The summed E-state index contributed by atoms with van der Waals surface area (Å²) in [5, 5.41) is 9.25. The molecule has 0 radical (unpaired) electrons. The van der Waals surface area contributed by atoms with E-state index in [1.165, 1.54) is 18.5 Å². The molecule has 1 N–H and O–H groups in total. The van der Waals surface area contributed by atoms with Crippen molar-refractivity contribution in [3.8, 4) is 0 Å². The van der Waals surface area contributed by atoms with Gasteiger partial charge < -0.3 is 14.6 Å².